The highest BCUT2D eigenvalue weighted by atomic mass is 35.5. The standard InChI is InChI=1S/C43H44ClN3O6/c1-29-39(27-47-25-23-43(50,24-26-47)33-13-15-34(44)16-14-33)52-41(53-40(29)31-9-7-30(28-48)8-10-31)32-11-17-35(18-12-32)45-42(49)46-36-19-21-38(22-20-36)51-37-5-3-2-4-6-37/h2-22,29,39-41,48,50H,23-28H2,1H3,(H2,45,46,49)/t29-,39+,40+,41+/m1/s1. The maximum Gasteiger partial charge on any atom is 0.323 e. The molecule has 2 aliphatic heterocycles. The summed E-state index contributed by atoms with van der Waals surface area (Å²) >= 11 is 6.10. The number of nitrogens with zero attached hydrogens (tertiary/aromatic N) is 1. The molecular formula is C43H44ClN3O6. The quantitative estimate of drug-likeness (QED) is 0.113. The van der Waals surface area contributed by atoms with Crippen LogP contribution < -0.4 is 15.4 Å². The van der Waals surface area contributed by atoms with E-state index in [0.29, 0.717) is 41.5 Å². The topological polar surface area (TPSA) is 113 Å². The SMILES string of the molecule is C[C@@H]1[C@H](CN2CCC(O)(c3ccc(Cl)cc3)CC2)O[C@H](c2ccc(NC(=O)Nc3ccc(Oc4ccccc4)cc3)cc2)O[C@@H]1c1ccc(CO)cc1. The smallest absolute Gasteiger partial charge is 0.323 e. The van der Waals surface area contributed by atoms with Gasteiger partial charge in [-0.25, -0.2) is 4.79 Å². The lowest BCUT2D eigenvalue weighted by atomic mass is 9.84. The van der Waals surface area contributed by atoms with E-state index in [2.05, 4.69) is 22.5 Å². The highest BCUT2D eigenvalue weighted by Crippen LogP contribution is 2.43. The summed E-state index contributed by atoms with van der Waals surface area (Å²) in [4.78, 5) is 15.2. The van der Waals surface area contributed by atoms with Crippen LogP contribution in [0.1, 0.15) is 54.4 Å². The van der Waals surface area contributed by atoms with E-state index in [0.717, 1.165) is 41.1 Å². The van der Waals surface area contributed by atoms with E-state index in [1.54, 1.807) is 24.3 Å². The Morgan fingerprint density at radius 3 is 2.00 bits per heavy atom. The molecule has 0 aromatic heterocycles. The lowest BCUT2D eigenvalue weighted by Gasteiger charge is -2.45. The highest BCUT2D eigenvalue weighted by Gasteiger charge is 2.41. The number of hydrogen-bond acceptors (Lipinski definition) is 7. The van der Waals surface area contributed by atoms with Crippen LogP contribution in [0.15, 0.2) is 127 Å². The second-order valence-electron chi connectivity index (χ2n) is 13.8. The summed E-state index contributed by atoms with van der Waals surface area (Å²) in [6, 6.07) is 39.1. The molecule has 53 heavy (non-hydrogen) atoms. The van der Waals surface area contributed by atoms with Gasteiger partial charge < -0.3 is 40.0 Å². The van der Waals surface area contributed by atoms with Crippen LogP contribution in [0, 0.1) is 5.92 Å². The van der Waals surface area contributed by atoms with Crippen molar-refractivity contribution < 1.29 is 29.2 Å². The van der Waals surface area contributed by atoms with Crippen molar-refractivity contribution in [2.75, 3.05) is 30.3 Å². The van der Waals surface area contributed by atoms with E-state index in [4.69, 9.17) is 25.8 Å². The normalized spacial score (nSPS) is 21.4. The molecule has 2 saturated heterocycles. The van der Waals surface area contributed by atoms with Crippen LogP contribution in [-0.2, 0) is 21.7 Å². The van der Waals surface area contributed by atoms with Crippen molar-refractivity contribution in [3.05, 3.63) is 155 Å². The largest absolute Gasteiger partial charge is 0.457 e. The molecule has 4 atom stereocenters. The van der Waals surface area contributed by atoms with Crippen molar-refractivity contribution in [2.45, 2.75) is 50.5 Å². The first-order valence-electron chi connectivity index (χ1n) is 18.0. The number of ether oxygens (including phenoxy) is 3. The Balaban J connectivity index is 0.998. The number of para-hydroxylation sites is 1. The van der Waals surface area contributed by atoms with E-state index in [-0.39, 0.29) is 30.8 Å². The van der Waals surface area contributed by atoms with Gasteiger partial charge in [0.15, 0.2) is 6.29 Å². The molecule has 10 heteroatoms. The lowest BCUT2D eigenvalue weighted by Crippen LogP contribution is -2.49. The molecule has 2 heterocycles. The summed E-state index contributed by atoms with van der Waals surface area (Å²) in [7, 11) is 0. The average molecular weight is 734 g/mol. The van der Waals surface area contributed by atoms with E-state index in [9.17, 15) is 15.0 Å². The number of hydrogen-bond donors (Lipinski definition) is 4. The lowest BCUT2D eigenvalue weighted by molar-refractivity contribution is -0.277. The van der Waals surface area contributed by atoms with Gasteiger partial charge in [0, 0.05) is 47.5 Å². The summed E-state index contributed by atoms with van der Waals surface area (Å²) in [5.74, 6) is 1.43. The van der Waals surface area contributed by atoms with Crippen molar-refractivity contribution in [3.8, 4) is 11.5 Å². The number of rotatable bonds is 10. The number of nitrogens with one attached hydrogen (secondary N) is 2. The monoisotopic (exact) mass is 733 g/mol. The zero-order valence-corrected chi connectivity index (χ0v) is 30.3. The minimum absolute atomic E-state index is 0.0203. The predicted molar refractivity (Wildman–Crippen MR) is 206 cm³/mol. The first kappa shape index (κ1) is 36.6. The van der Waals surface area contributed by atoms with Crippen LogP contribution in [0.25, 0.3) is 0 Å². The minimum atomic E-state index is -0.891. The fraction of sp³-hybridized carbons (Fsp3) is 0.279. The van der Waals surface area contributed by atoms with Crippen LogP contribution >= 0.6 is 11.6 Å². The third-order valence-corrected chi connectivity index (χ3v) is 10.4. The second kappa shape index (κ2) is 16.5. The number of piperidine rings is 1. The Morgan fingerprint density at radius 2 is 1.38 bits per heavy atom. The molecule has 4 N–H and O–H groups in total. The van der Waals surface area contributed by atoms with Crippen LogP contribution in [0.2, 0.25) is 5.02 Å². The summed E-state index contributed by atoms with van der Waals surface area (Å²) in [5.41, 5.74) is 3.93. The Morgan fingerprint density at radius 1 is 0.792 bits per heavy atom. The van der Waals surface area contributed by atoms with Crippen molar-refractivity contribution in [2.24, 2.45) is 5.92 Å². The van der Waals surface area contributed by atoms with E-state index < -0.39 is 11.9 Å². The number of likely N-dealkylation sites (tertiary alicyclic amines) is 1. The Bertz CT molecular complexity index is 1930. The number of halogens is 1. The van der Waals surface area contributed by atoms with Gasteiger partial charge in [-0.05, 0) is 90.2 Å². The summed E-state index contributed by atoms with van der Waals surface area (Å²) in [5, 5.41) is 27.5. The molecule has 2 aliphatic rings. The van der Waals surface area contributed by atoms with Crippen molar-refractivity contribution in [3.63, 3.8) is 0 Å². The highest BCUT2D eigenvalue weighted by molar-refractivity contribution is 6.30. The molecule has 274 valence electrons. The van der Waals surface area contributed by atoms with Crippen LogP contribution in [-0.4, -0.2) is 46.9 Å². The number of amides is 2. The minimum Gasteiger partial charge on any atom is -0.457 e. The third kappa shape index (κ3) is 9.08. The zero-order chi connectivity index (χ0) is 36.8. The predicted octanol–water partition coefficient (Wildman–Crippen LogP) is 9.04. The first-order chi connectivity index (χ1) is 25.7. The molecule has 2 fully saturated rings. The van der Waals surface area contributed by atoms with Crippen LogP contribution in [0.5, 0.6) is 11.5 Å². The van der Waals surface area contributed by atoms with Crippen LogP contribution in [0.4, 0.5) is 16.2 Å². The number of aliphatic hydroxyl groups excluding tert-OH is 1. The average Bonchev–Trinajstić information content (AvgIpc) is 3.18. The van der Waals surface area contributed by atoms with E-state index in [1.165, 1.54) is 0 Å². The maximum atomic E-state index is 12.8. The van der Waals surface area contributed by atoms with E-state index in [1.807, 2.05) is 103 Å². The number of benzene rings is 5. The first-order valence-corrected chi connectivity index (χ1v) is 18.3. The van der Waals surface area contributed by atoms with Crippen molar-refractivity contribution in [1.82, 2.24) is 4.90 Å². The number of anilines is 2. The number of urea groups is 1. The molecule has 7 rings (SSSR count). The summed E-state index contributed by atoms with van der Waals surface area (Å²) < 4.78 is 19.2. The van der Waals surface area contributed by atoms with Gasteiger partial charge in [0.1, 0.15) is 11.5 Å². The summed E-state index contributed by atoms with van der Waals surface area (Å²) in [6.07, 6.45) is 0.158. The molecule has 0 saturated carbocycles. The molecule has 9 nitrogen and oxygen atoms in total. The van der Waals surface area contributed by atoms with Gasteiger partial charge in [0.2, 0.25) is 0 Å². The van der Waals surface area contributed by atoms with Crippen molar-refractivity contribution in [1.29, 1.82) is 0 Å². The Hall–Kier alpha value is -4.74. The summed E-state index contributed by atoms with van der Waals surface area (Å²) in [6.45, 7) is 4.25. The molecule has 5 aromatic rings. The number of carbonyl (C=O) groups is 1. The molecule has 0 unspecified atom stereocenters. The second-order valence-corrected chi connectivity index (χ2v) is 14.2. The Labute approximate surface area is 315 Å². The van der Waals surface area contributed by atoms with Gasteiger partial charge >= 0.3 is 6.03 Å². The fourth-order valence-corrected chi connectivity index (χ4v) is 7.11. The molecule has 0 aliphatic carbocycles. The van der Waals surface area contributed by atoms with Gasteiger partial charge in [-0.3, -0.25) is 0 Å². The van der Waals surface area contributed by atoms with Gasteiger partial charge in [-0.2, -0.15) is 0 Å². The molecule has 2 amide bonds. The third-order valence-electron chi connectivity index (χ3n) is 10.2. The Kier molecular flexibility index (Phi) is 11.4. The van der Waals surface area contributed by atoms with Gasteiger partial charge in [-0.1, -0.05) is 85.3 Å². The maximum absolute atomic E-state index is 12.8. The number of aliphatic hydroxyl groups is 2. The molecular weight excluding hydrogens is 690 g/mol. The van der Waals surface area contributed by atoms with E-state index >= 15 is 0 Å². The number of carbonyl (C=O) groups excluding carboxylic acids is 1. The van der Waals surface area contributed by atoms with Crippen molar-refractivity contribution >= 4 is 29.0 Å². The molecule has 0 bridgehead atoms. The molecule has 0 spiro atoms. The van der Waals surface area contributed by atoms with Crippen LogP contribution in [0.3, 0.4) is 0 Å². The van der Waals surface area contributed by atoms with Gasteiger partial charge in [0.05, 0.1) is 24.4 Å². The molecule has 0 radical (unpaired) electrons. The fourth-order valence-electron chi connectivity index (χ4n) is 6.98. The van der Waals surface area contributed by atoms with Gasteiger partial charge in [-0.15, -0.1) is 0 Å². The zero-order valence-electron chi connectivity index (χ0n) is 29.5. The van der Waals surface area contributed by atoms with Gasteiger partial charge in [0.25, 0.3) is 0 Å². The molecule has 5 aromatic carbocycles.